The van der Waals surface area contributed by atoms with E-state index in [0.29, 0.717) is 17.9 Å². The number of anilines is 1. The second kappa shape index (κ2) is 3.73. The van der Waals surface area contributed by atoms with Crippen LogP contribution in [0.4, 0.5) is 6.01 Å². The van der Waals surface area contributed by atoms with Crippen molar-refractivity contribution in [3.05, 3.63) is 5.89 Å². The largest absolute Gasteiger partial charge is 0.406 e. The van der Waals surface area contributed by atoms with E-state index >= 15 is 0 Å². The molecule has 3 rings (SSSR count). The van der Waals surface area contributed by atoms with Crippen LogP contribution in [0.2, 0.25) is 0 Å². The fourth-order valence-electron chi connectivity index (χ4n) is 1.87. The molecule has 2 saturated carbocycles. The predicted octanol–water partition coefficient (Wildman–Crippen LogP) is 1.47. The summed E-state index contributed by atoms with van der Waals surface area (Å²) in [6.07, 6.45) is 5.19. The van der Waals surface area contributed by atoms with Crippen LogP contribution in [-0.4, -0.2) is 22.8 Å². The van der Waals surface area contributed by atoms with Crippen LogP contribution in [0.3, 0.4) is 0 Å². The maximum atomic E-state index is 5.72. The minimum atomic E-state index is -0.178. The fourth-order valence-corrected chi connectivity index (χ4v) is 1.87. The molecule has 0 amide bonds. The van der Waals surface area contributed by atoms with Crippen molar-refractivity contribution in [1.82, 2.24) is 10.2 Å². The Morgan fingerprint density at radius 3 is 2.62 bits per heavy atom. The molecule has 16 heavy (non-hydrogen) atoms. The Bertz CT molecular complexity index is 368. The van der Waals surface area contributed by atoms with Gasteiger partial charge in [-0.1, -0.05) is 5.10 Å². The average molecular weight is 222 g/mol. The second-order valence-corrected chi connectivity index (χ2v) is 5.04. The molecule has 0 aliphatic heterocycles. The van der Waals surface area contributed by atoms with E-state index in [4.69, 9.17) is 10.2 Å². The van der Waals surface area contributed by atoms with E-state index in [-0.39, 0.29) is 6.04 Å². The molecule has 2 aliphatic carbocycles. The molecule has 0 aromatic carbocycles. The van der Waals surface area contributed by atoms with E-state index in [2.05, 4.69) is 15.1 Å². The van der Waals surface area contributed by atoms with Crippen molar-refractivity contribution in [2.75, 3.05) is 11.4 Å². The highest BCUT2D eigenvalue weighted by Gasteiger charge is 2.36. The van der Waals surface area contributed by atoms with E-state index in [1.807, 2.05) is 6.92 Å². The van der Waals surface area contributed by atoms with Crippen LogP contribution in [0.1, 0.15) is 44.5 Å². The Morgan fingerprint density at radius 2 is 2.12 bits per heavy atom. The SMILES string of the molecule is CC(N)c1nnc(N(CC2CC2)C2CC2)o1. The first-order valence-electron chi connectivity index (χ1n) is 6.09. The molecule has 1 aromatic heterocycles. The number of rotatable bonds is 5. The Balaban J connectivity index is 1.75. The summed E-state index contributed by atoms with van der Waals surface area (Å²) in [6, 6.07) is 1.12. The molecule has 2 fully saturated rings. The Labute approximate surface area is 95.0 Å². The molecule has 0 saturated heterocycles. The van der Waals surface area contributed by atoms with Gasteiger partial charge in [-0.05, 0) is 38.5 Å². The summed E-state index contributed by atoms with van der Waals surface area (Å²) in [5.41, 5.74) is 5.72. The lowest BCUT2D eigenvalue weighted by atomic mass is 10.4. The Kier molecular flexibility index (Phi) is 2.35. The lowest BCUT2D eigenvalue weighted by Gasteiger charge is -2.18. The molecule has 1 aromatic rings. The van der Waals surface area contributed by atoms with Gasteiger partial charge in [0.1, 0.15) is 0 Å². The van der Waals surface area contributed by atoms with Gasteiger partial charge in [-0.15, -0.1) is 5.10 Å². The van der Waals surface area contributed by atoms with Gasteiger partial charge in [0.05, 0.1) is 6.04 Å². The van der Waals surface area contributed by atoms with Crippen molar-refractivity contribution in [1.29, 1.82) is 0 Å². The number of nitrogens with two attached hydrogens (primary N) is 1. The first kappa shape index (κ1) is 10.1. The van der Waals surface area contributed by atoms with Crippen molar-refractivity contribution in [2.24, 2.45) is 11.7 Å². The van der Waals surface area contributed by atoms with Crippen LogP contribution in [0.5, 0.6) is 0 Å². The number of hydrogen-bond donors (Lipinski definition) is 1. The monoisotopic (exact) mass is 222 g/mol. The van der Waals surface area contributed by atoms with Crippen LogP contribution >= 0.6 is 0 Å². The third-order valence-corrected chi connectivity index (χ3v) is 3.20. The highest BCUT2D eigenvalue weighted by molar-refractivity contribution is 5.30. The zero-order valence-corrected chi connectivity index (χ0v) is 9.59. The van der Waals surface area contributed by atoms with Crippen molar-refractivity contribution in [2.45, 2.75) is 44.7 Å². The minimum Gasteiger partial charge on any atom is -0.406 e. The molecule has 0 radical (unpaired) electrons. The maximum Gasteiger partial charge on any atom is 0.318 e. The highest BCUT2D eigenvalue weighted by atomic mass is 16.4. The zero-order chi connectivity index (χ0) is 11.1. The van der Waals surface area contributed by atoms with Crippen molar-refractivity contribution < 1.29 is 4.42 Å². The van der Waals surface area contributed by atoms with Gasteiger partial charge in [0.15, 0.2) is 0 Å². The lowest BCUT2D eigenvalue weighted by molar-refractivity contribution is 0.452. The van der Waals surface area contributed by atoms with Gasteiger partial charge in [-0.3, -0.25) is 0 Å². The van der Waals surface area contributed by atoms with Gasteiger partial charge in [0.25, 0.3) is 0 Å². The summed E-state index contributed by atoms with van der Waals surface area (Å²) >= 11 is 0. The number of aromatic nitrogens is 2. The molecule has 5 nitrogen and oxygen atoms in total. The Morgan fingerprint density at radius 1 is 1.38 bits per heavy atom. The smallest absolute Gasteiger partial charge is 0.318 e. The molecule has 0 bridgehead atoms. The molecule has 2 aliphatic rings. The quantitative estimate of drug-likeness (QED) is 0.817. The van der Waals surface area contributed by atoms with Gasteiger partial charge >= 0.3 is 6.01 Å². The average Bonchev–Trinajstić information content (AvgIpc) is 3.14. The van der Waals surface area contributed by atoms with E-state index in [9.17, 15) is 0 Å². The van der Waals surface area contributed by atoms with Crippen molar-refractivity contribution >= 4 is 6.01 Å². The summed E-state index contributed by atoms with van der Waals surface area (Å²) in [5.74, 6) is 1.38. The summed E-state index contributed by atoms with van der Waals surface area (Å²) < 4.78 is 5.62. The summed E-state index contributed by atoms with van der Waals surface area (Å²) in [5, 5.41) is 8.10. The molecule has 5 heteroatoms. The van der Waals surface area contributed by atoms with Gasteiger partial charge in [-0.25, -0.2) is 0 Å². The standard InChI is InChI=1S/C11H18N4O/c1-7(12)10-13-14-11(16-10)15(9-4-5-9)6-8-2-3-8/h7-9H,2-6,12H2,1H3. The Hall–Kier alpha value is -1.10. The van der Waals surface area contributed by atoms with Gasteiger partial charge in [-0.2, -0.15) is 0 Å². The predicted molar refractivity (Wildman–Crippen MR) is 60.0 cm³/mol. The normalized spacial score (nSPS) is 22.1. The van der Waals surface area contributed by atoms with Crippen molar-refractivity contribution in [3.63, 3.8) is 0 Å². The molecular weight excluding hydrogens is 204 g/mol. The molecule has 2 N–H and O–H groups in total. The van der Waals surface area contributed by atoms with Crippen LogP contribution in [0.15, 0.2) is 4.42 Å². The van der Waals surface area contributed by atoms with Gasteiger partial charge in [0, 0.05) is 12.6 Å². The first-order chi connectivity index (χ1) is 7.74. The van der Waals surface area contributed by atoms with E-state index in [1.54, 1.807) is 0 Å². The molecule has 0 spiro atoms. The third kappa shape index (κ3) is 2.04. The number of hydrogen-bond acceptors (Lipinski definition) is 5. The summed E-state index contributed by atoms with van der Waals surface area (Å²) in [4.78, 5) is 2.27. The molecule has 88 valence electrons. The van der Waals surface area contributed by atoms with Crippen LogP contribution in [0.25, 0.3) is 0 Å². The maximum absolute atomic E-state index is 5.72. The van der Waals surface area contributed by atoms with E-state index in [0.717, 1.165) is 12.5 Å². The summed E-state index contributed by atoms with van der Waals surface area (Å²) in [7, 11) is 0. The summed E-state index contributed by atoms with van der Waals surface area (Å²) in [6.45, 7) is 2.94. The van der Waals surface area contributed by atoms with Gasteiger partial charge < -0.3 is 15.1 Å². The molecular formula is C11H18N4O. The number of nitrogens with zero attached hydrogens (tertiary/aromatic N) is 3. The fraction of sp³-hybridized carbons (Fsp3) is 0.818. The molecule has 1 heterocycles. The minimum absolute atomic E-state index is 0.178. The highest BCUT2D eigenvalue weighted by Crippen LogP contribution is 2.37. The van der Waals surface area contributed by atoms with E-state index in [1.165, 1.54) is 25.7 Å². The molecule has 1 atom stereocenters. The van der Waals surface area contributed by atoms with Crippen molar-refractivity contribution in [3.8, 4) is 0 Å². The first-order valence-corrected chi connectivity index (χ1v) is 6.09. The van der Waals surface area contributed by atoms with E-state index < -0.39 is 0 Å². The lowest BCUT2D eigenvalue weighted by Crippen LogP contribution is -2.28. The topological polar surface area (TPSA) is 68.2 Å². The zero-order valence-electron chi connectivity index (χ0n) is 9.59. The third-order valence-electron chi connectivity index (χ3n) is 3.20. The van der Waals surface area contributed by atoms with Crippen LogP contribution in [0, 0.1) is 5.92 Å². The van der Waals surface area contributed by atoms with Crippen LogP contribution < -0.4 is 10.6 Å². The second-order valence-electron chi connectivity index (χ2n) is 5.04. The molecule has 1 unspecified atom stereocenters. The van der Waals surface area contributed by atoms with Crippen LogP contribution in [-0.2, 0) is 0 Å². The van der Waals surface area contributed by atoms with Gasteiger partial charge in [0.2, 0.25) is 5.89 Å².